The molecule has 1 atom stereocenters. The number of aromatic nitrogens is 6. The summed E-state index contributed by atoms with van der Waals surface area (Å²) in [6.07, 6.45) is 7.85. The van der Waals surface area contributed by atoms with E-state index >= 15 is 0 Å². The maximum absolute atomic E-state index is 13.0. The number of amides is 1. The molecule has 0 spiro atoms. The van der Waals surface area contributed by atoms with Crippen LogP contribution in [0.15, 0.2) is 49.2 Å². The van der Waals surface area contributed by atoms with Gasteiger partial charge >= 0.3 is 0 Å². The number of carbonyl (C=O) groups excluding carboxylic acids is 1. The van der Waals surface area contributed by atoms with Gasteiger partial charge in [0.05, 0.1) is 18.1 Å². The van der Waals surface area contributed by atoms with Crippen molar-refractivity contribution in [3.63, 3.8) is 0 Å². The van der Waals surface area contributed by atoms with Crippen LogP contribution < -0.4 is 5.32 Å². The molecule has 0 radical (unpaired) electrons. The molecule has 170 valence electrons. The third kappa shape index (κ3) is 4.17. The van der Waals surface area contributed by atoms with Crippen molar-refractivity contribution in [3.05, 3.63) is 54.7 Å². The highest BCUT2D eigenvalue weighted by molar-refractivity contribution is 5.94. The van der Waals surface area contributed by atoms with Crippen molar-refractivity contribution in [1.29, 1.82) is 0 Å². The standard InChI is InChI=1S/C23H27N9O/c1-3-16(2)30-8-10-31(11-9-30)23(33)17-4-6-19(7-5-17)29-21-22-25-15-28-32(22)20(14-24-21)18-12-26-27-13-18/h4-7,12-16H,3,8-11H2,1-2H3,(H,24,29)(H,26,27). The first-order chi connectivity index (χ1) is 16.1. The number of hydrogen-bond acceptors (Lipinski definition) is 7. The molecule has 1 aliphatic rings. The highest BCUT2D eigenvalue weighted by Crippen LogP contribution is 2.24. The minimum atomic E-state index is 0.0767. The van der Waals surface area contributed by atoms with Crippen molar-refractivity contribution in [2.24, 2.45) is 0 Å². The van der Waals surface area contributed by atoms with Crippen molar-refractivity contribution in [2.75, 3.05) is 31.5 Å². The van der Waals surface area contributed by atoms with E-state index in [1.54, 1.807) is 23.1 Å². The third-order valence-corrected chi connectivity index (χ3v) is 6.31. The molecular weight excluding hydrogens is 418 g/mol. The Bertz CT molecular complexity index is 1220. The number of fused-ring (bicyclic) bond motifs is 1. The number of piperazine rings is 1. The Labute approximate surface area is 191 Å². The molecule has 10 heteroatoms. The number of benzene rings is 1. The van der Waals surface area contributed by atoms with Gasteiger partial charge in [-0.2, -0.15) is 10.2 Å². The Morgan fingerprint density at radius 3 is 2.61 bits per heavy atom. The first-order valence-electron chi connectivity index (χ1n) is 11.2. The van der Waals surface area contributed by atoms with E-state index in [1.807, 2.05) is 29.2 Å². The highest BCUT2D eigenvalue weighted by Gasteiger charge is 2.24. The van der Waals surface area contributed by atoms with Crippen LogP contribution in [0.2, 0.25) is 0 Å². The summed E-state index contributed by atoms with van der Waals surface area (Å²) in [6, 6.07) is 8.05. The molecule has 4 heterocycles. The van der Waals surface area contributed by atoms with Gasteiger partial charge < -0.3 is 10.2 Å². The minimum absolute atomic E-state index is 0.0767. The summed E-state index contributed by atoms with van der Waals surface area (Å²) in [5.41, 5.74) is 3.77. The van der Waals surface area contributed by atoms with Crippen LogP contribution in [0.1, 0.15) is 30.6 Å². The van der Waals surface area contributed by atoms with Crippen LogP contribution in [-0.4, -0.2) is 77.7 Å². The van der Waals surface area contributed by atoms with Gasteiger partial charge in [0, 0.05) is 55.2 Å². The monoisotopic (exact) mass is 445 g/mol. The van der Waals surface area contributed by atoms with Crippen LogP contribution in [0, 0.1) is 0 Å². The molecule has 3 aromatic heterocycles. The number of rotatable bonds is 6. The van der Waals surface area contributed by atoms with Gasteiger partial charge in [0.1, 0.15) is 6.33 Å². The molecule has 4 aromatic rings. The summed E-state index contributed by atoms with van der Waals surface area (Å²) in [5.74, 6) is 0.660. The van der Waals surface area contributed by atoms with E-state index in [-0.39, 0.29) is 5.91 Å². The summed E-state index contributed by atoms with van der Waals surface area (Å²) in [5, 5.41) is 14.4. The van der Waals surface area contributed by atoms with E-state index in [9.17, 15) is 4.79 Å². The predicted molar refractivity (Wildman–Crippen MR) is 125 cm³/mol. The van der Waals surface area contributed by atoms with Gasteiger partial charge in [-0.05, 0) is 37.6 Å². The van der Waals surface area contributed by atoms with Gasteiger partial charge in [0.15, 0.2) is 11.5 Å². The lowest BCUT2D eigenvalue weighted by Gasteiger charge is -2.37. The molecule has 5 rings (SSSR count). The molecule has 33 heavy (non-hydrogen) atoms. The topological polar surface area (TPSA) is 107 Å². The summed E-state index contributed by atoms with van der Waals surface area (Å²) in [6.45, 7) is 7.83. The molecule has 1 fully saturated rings. The van der Waals surface area contributed by atoms with E-state index in [0.29, 0.717) is 23.1 Å². The first-order valence-corrected chi connectivity index (χ1v) is 11.2. The number of anilines is 2. The zero-order chi connectivity index (χ0) is 22.8. The normalized spacial score (nSPS) is 15.6. The van der Waals surface area contributed by atoms with Crippen molar-refractivity contribution in [2.45, 2.75) is 26.3 Å². The van der Waals surface area contributed by atoms with Crippen molar-refractivity contribution < 1.29 is 4.79 Å². The second kappa shape index (κ2) is 8.99. The molecule has 0 bridgehead atoms. The molecule has 1 saturated heterocycles. The second-order valence-electron chi connectivity index (χ2n) is 8.26. The van der Waals surface area contributed by atoms with Gasteiger partial charge in [-0.3, -0.25) is 14.8 Å². The molecule has 0 saturated carbocycles. The predicted octanol–water partition coefficient (Wildman–Crippen LogP) is 2.81. The molecule has 1 aromatic carbocycles. The summed E-state index contributed by atoms with van der Waals surface area (Å²) in [7, 11) is 0. The molecule has 1 amide bonds. The van der Waals surface area contributed by atoms with Crippen molar-refractivity contribution in [1.82, 2.24) is 39.6 Å². The molecule has 0 aliphatic carbocycles. The Hall–Kier alpha value is -3.79. The van der Waals surface area contributed by atoms with E-state index in [2.05, 4.69) is 49.3 Å². The van der Waals surface area contributed by atoms with Crippen LogP contribution in [-0.2, 0) is 0 Å². The van der Waals surface area contributed by atoms with Crippen LogP contribution in [0.25, 0.3) is 16.9 Å². The summed E-state index contributed by atoms with van der Waals surface area (Å²) < 4.78 is 1.72. The minimum Gasteiger partial charge on any atom is -0.337 e. The Kier molecular flexibility index (Phi) is 5.74. The van der Waals surface area contributed by atoms with Crippen LogP contribution in [0.3, 0.4) is 0 Å². The summed E-state index contributed by atoms with van der Waals surface area (Å²) in [4.78, 5) is 26.2. The number of nitrogens with one attached hydrogen (secondary N) is 2. The largest absolute Gasteiger partial charge is 0.337 e. The number of hydrogen-bond donors (Lipinski definition) is 2. The van der Waals surface area contributed by atoms with Crippen molar-refractivity contribution in [3.8, 4) is 11.3 Å². The zero-order valence-electron chi connectivity index (χ0n) is 18.8. The lowest BCUT2D eigenvalue weighted by Crippen LogP contribution is -2.51. The molecule has 1 aliphatic heterocycles. The van der Waals surface area contributed by atoms with Crippen LogP contribution in [0.5, 0.6) is 0 Å². The van der Waals surface area contributed by atoms with Crippen LogP contribution >= 0.6 is 0 Å². The smallest absolute Gasteiger partial charge is 0.253 e. The SMILES string of the molecule is CCC(C)N1CCN(C(=O)c2ccc(Nc3ncc(-c4cn[nH]c4)n4ncnc34)cc2)CC1. The first kappa shape index (κ1) is 21.1. The number of H-pyrrole nitrogens is 1. The number of carbonyl (C=O) groups is 1. The summed E-state index contributed by atoms with van der Waals surface area (Å²) >= 11 is 0. The fourth-order valence-corrected chi connectivity index (χ4v) is 4.13. The second-order valence-corrected chi connectivity index (χ2v) is 8.26. The average molecular weight is 446 g/mol. The fourth-order valence-electron chi connectivity index (χ4n) is 4.13. The van der Waals surface area contributed by atoms with Crippen LogP contribution in [0.4, 0.5) is 11.5 Å². The molecule has 10 nitrogen and oxygen atoms in total. The highest BCUT2D eigenvalue weighted by atomic mass is 16.2. The maximum Gasteiger partial charge on any atom is 0.253 e. The Balaban J connectivity index is 1.28. The van der Waals surface area contributed by atoms with E-state index in [4.69, 9.17) is 0 Å². The quantitative estimate of drug-likeness (QED) is 0.470. The van der Waals surface area contributed by atoms with Gasteiger partial charge in [-0.25, -0.2) is 14.5 Å². The zero-order valence-corrected chi connectivity index (χ0v) is 18.8. The van der Waals surface area contributed by atoms with Gasteiger partial charge in [0.25, 0.3) is 5.91 Å². The lowest BCUT2D eigenvalue weighted by molar-refractivity contribution is 0.0579. The number of nitrogens with zero attached hydrogens (tertiary/aromatic N) is 7. The molecule has 2 N–H and O–H groups in total. The van der Waals surface area contributed by atoms with Gasteiger partial charge in [-0.15, -0.1) is 0 Å². The number of aromatic amines is 1. The van der Waals surface area contributed by atoms with Crippen molar-refractivity contribution >= 4 is 23.1 Å². The Morgan fingerprint density at radius 1 is 1.12 bits per heavy atom. The van der Waals surface area contributed by atoms with Gasteiger partial charge in [0.2, 0.25) is 0 Å². The van der Waals surface area contributed by atoms with E-state index in [1.165, 1.54) is 6.33 Å². The van der Waals surface area contributed by atoms with E-state index < -0.39 is 0 Å². The average Bonchev–Trinajstić information content (AvgIpc) is 3.57. The van der Waals surface area contributed by atoms with Gasteiger partial charge in [-0.1, -0.05) is 6.92 Å². The third-order valence-electron chi connectivity index (χ3n) is 6.31. The maximum atomic E-state index is 13.0. The Morgan fingerprint density at radius 2 is 1.91 bits per heavy atom. The molecular formula is C23H27N9O. The fraction of sp³-hybridized carbons (Fsp3) is 0.348. The lowest BCUT2D eigenvalue weighted by atomic mass is 10.1. The van der Waals surface area contributed by atoms with E-state index in [0.717, 1.165) is 49.5 Å². The molecule has 1 unspecified atom stereocenters.